The van der Waals surface area contributed by atoms with E-state index in [4.69, 9.17) is 16.6 Å². The first-order valence-electron chi connectivity index (χ1n) is 12.3. The van der Waals surface area contributed by atoms with E-state index in [0.717, 1.165) is 58.3 Å². The summed E-state index contributed by atoms with van der Waals surface area (Å²) < 4.78 is 6.05. The van der Waals surface area contributed by atoms with Crippen LogP contribution in [-0.2, 0) is 0 Å². The van der Waals surface area contributed by atoms with E-state index in [1.165, 1.54) is 54.6 Å². The molecule has 2 aliphatic heterocycles. The molecule has 0 radical (unpaired) electrons. The van der Waals surface area contributed by atoms with Gasteiger partial charge in [-0.1, -0.05) is 24.4 Å². The molecule has 0 atom stereocenters. The van der Waals surface area contributed by atoms with E-state index in [-0.39, 0.29) is 0 Å². The molecule has 32 heavy (non-hydrogen) atoms. The van der Waals surface area contributed by atoms with Crippen LogP contribution in [0.2, 0.25) is 0 Å². The van der Waals surface area contributed by atoms with Crippen LogP contribution in [0.1, 0.15) is 32.1 Å². The van der Waals surface area contributed by atoms with Crippen LogP contribution < -0.4 is 10.2 Å². The van der Waals surface area contributed by atoms with E-state index in [1.54, 1.807) is 11.5 Å². The monoisotopic (exact) mass is 472 g/mol. The normalized spacial score (nSPS) is 25.8. The standard InChI is InChI=1S/C24H36N6S2/c31-19-30(29-13-10-25-11-14-29)21-7-5-20(6-8-21)9-12-27-15-17-28(18-16-27)24-22-3-1-2-4-23(22)32-26-24/h1-4,19-21,25H,5-18H2. The van der Waals surface area contributed by atoms with Crippen LogP contribution in [-0.4, -0.2) is 89.7 Å². The maximum absolute atomic E-state index is 5.39. The van der Waals surface area contributed by atoms with Crippen molar-refractivity contribution in [3.8, 4) is 0 Å². The second-order valence-electron chi connectivity index (χ2n) is 9.48. The summed E-state index contributed by atoms with van der Waals surface area (Å²) in [7, 11) is 0. The first-order chi connectivity index (χ1) is 15.8. The maximum Gasteiger partial charge on any atom is 0.150 e. The molecular formula is C24H36N6S2. The zero-order chi connectivity index (χ0) is 21.8. The molecule has 1 aromatic heterocycles. The van der Waals surface area contributed by atoms with Gasteiger partial charge in [0.25, 0.3) is 0 Å². The summed E-state index contributed by atoms with van der Waals surface area (Å²) in [6.45, 7) is 10.0. The highest BCUT2D eigenvalue weighted by Gasteiger charge is 2.29. The van der Waals surface area contributed by atoms with Crippen molar-refractivity contribution < 1.29 is 0 Å². The Balaban J connectivity index is 1.04. The van der Waals surface area contributed by atoms with Crippen molar-refractivity contribution in [1.82, 2.24) is 24.6 Å². The number of benzene rings is 1. The van der Waals surface area contributed by atoms with Gasteiger partial charge in [-0.05, 0) is 68.2 Å². The molecule has 0 amide bonds. The number of anilines is 1. The highest BCUT2D eigenvalue weighted by molar-refractivity contribution is 7.78. The van der Waals surface area contributed by atoms with E-state index in [1.807, 2.05) is 5.49 Å². The van der Waals surface area contributed by atoms with Crippen molar-refractivity contribution in [2.45, 2.75) is 38.1 Å². The number of rotatable bonds is 7. The molecule has 5 rings (SSSR count). The van der Waals surface area contributed by atoms with E-state index < -0.39 is 0 Å². The number of thiocarbonyl (C=S) groups is 1. The fourth-order valence-electron chi connectivity index (χ4n) is 5.61. The van der Waals surface area contributed by atoms with Gasteiger partial charge in [0.05, 0.1) is 10.2 Å². The molecule has 0 spiro atoms. The molecule has 6 nitrogen and oxygen atoms in total. The van der Waals surface area contributed by atoms with Crippen molar-refractivity contribution in [3.63, 3.8) is 0 Å². The van der Waals surface area contributed by atoms with Gasteiger partial charge in [0.15, 0.2) is 0 Å². The van der Waals surface area contributed by atoms with E-state index in [9.17, 15) is 0 Å². The molecule has 8 heteroatoms. The second-order valence-corrected chi connectivity index (χ2v) is 10.5. The van der Waals surface area contributed by atoms with Gasteiger partial charge in [0.2, 0.25) is 0 Å². The van der Waals surface area contributed by atoms with Gasteiger partial charge in [-0.3, -0.25) is 9.91 Å². The van der Waals surface area contributed by atoms with E-state index in [0.29, 0.717) is 6.04 Å². The summed E-state index contributed by atoms with van der Waals surface area (Å²) in [4.78, 5) is 5.15. The van der Waals surface area contributed by atoms with Crippen LogP contribution in [0.4, 0.5) is 5.82 Å². The van der Waals surface area contributed by atoms with Crippen LogP contribution >= 0.6 is 23.8 Å². The minimum atomic E-state index is 0.610. The van der Waals surface area contributed by atoms with Crippen molar-refractivity contribution in [2.24, 2.45) is 5.92 Å². The summed E-state index contributed by atoms with van der Waals surface area (Å²) in [6, 6.07) is 9.23. The maximum atomic E-state index is 5.39. The zero-order valence-corrected chi connectivity index (χ0v) is 20.6. The number of hydrogen-bond acceptors (Lipinski definition) is 7. The van der Waals surface area contributed by atoms with Crippen LogP contribution in [0.3, 0.4) is 0 Å². The largest absolute Gasteiger partial charge is 0.353 e. The molecule has 0 bridgehead atoms. The van der Waals surface area contributed by atoms with Crippen molar-refractivity contribution >= 4 is 45.1 Å². The molecule has 1 saturated carbocycles. The third-order valence-corrected chi connectivity index (χ3v) is 8.64. The van der Waals surface area contributed by atoms with Crippen LogP contribution in [0.5, 0.6) is 0 Å². The number of nitrogens with zero attached hydrogens (tertiary/aromatic N) is 5. The lowest BCUT2D eigenvalue weighted by molar-refractivity contribution is -0.0124. The minimum absolute atomic E-state index is 0.610. The second kappa shape index (κ2) is 10.7. The van der Waals surface area contributed by atoms with Gasteiger partial charge in [0.1, 0.15) is 5.82 Å². The summed E-state index contributed by atoms with van der Waals surface area (Å²) >= 11 is 7.02. The Morgan fingerprint density at radius 3 is 2.53 bits per heavy atom. The summed E-state index contributed by atoms with van der Waals surface area (Å²) in [5.41, 5.74) is 1.90. The number of fused-ring (bicyclic) bond motifs is 1. The van der Waals surface area contributed by atoms with Gasteiger partial charge < -0.3 is 10.2 Å². The Kier molecular flexibility index (Phi) is 7.54. The van der Waals surface area contributed by atoms with Crippen LogP contribution in [0.15, 0.2) is 24.3 Å². The number of piperazine rings is 2. The van der Waals surface area contributed by atoms with Crippen molar-refractivity contribution in [3.05, 3.63) is 24.3 Å². The topological polar surface area (TPSA) is 37.9 Å². The van der Waals surface area contributed by atoms with Crippen molar-refractivity contribution in [1.29, 1.82) is 0 Å². The summed E-state index contributed by atoms with van der Waals surface area (Å²) in [5.74, 6) is 2.07. The predicted octanol–water partition coefficient (Wildman–Crippen LogP) is 3.45. The Labute approximate surface area is 201 Å². The molecule has 0 unspecified atom stereocenters. The Hall–Kier alpha value is -1.32. The van der Waals surface area contributed by atoms with Gasteiger partial charge >= 0.3 is 0 Å². The van der Waals surface area contributed by atoms with Gasteiger partial charge in [0, 0.05) is 63.8 Å². The molecule has 1 aromatic carbocycles. The van der Waals surface area contributed by atoms with Crippen molar-refractivity contribution in [2.75, 3.05) is 63.8 Å². The highest BCUT2D eigenvalue weighted by Crippen LogP contribution is 2.32. The smallest absolute Gasteiger partial charge is 0.150 e. The van der Waals surface area contributed by atoms with Gasteiger partial charge in [-0.25, -0.2) is 5.01 Å². The SMILES string of the molecule is S=CN(C1CCC(CCN2CCN(c3nsc4ccccc34)CC2)CC1)N1CCNCC1. The fourth-order valence-corrected chi connectivity index (χ4v) is 6.72. The molecule has 2 aromatic rings. The minimum Gasteiger partial charge on any atom is -0.353 e. The number of nitrogens with one attached hydrogen (secondary N) is 1. The number of hydrogen-bond donors (Lipinski definition) is 1. The quantitative estimate of drug-likeness (QED) is 0.619. The average Bonchev–Trinajstić information content (AvgIpc) is 3.29. The van der Waals surface area contributed by atoms with E-state index >= 15 is 0 Å². The molecule has 2 saturated heterocycles. The van der Waals surface area contributed by atoms with E-state index in [2.05, 4.69) is 49.4 Å². The average molecular weight is 473 g/mol. The molecule has 3 heterocycles. The third kappa shape index (κ3) is 5.09. The lowest BCUT2D eigenvalue weighted by Gasteiger charge is -2.44. The highest BCUT2D eigenvalue weighted by atomic mass is 32.1. The van der Waals surface area contributed by atoms with Gasteiger partial charge in [-0.2, -0.15) is 4.37 Å². The molecule has 174 valence electrons. The first-order valence-corrected chi connectivity index (χ1v) is 13.6. The Morgan fingerprint density at radius 2 is 1.78 bits per heavy atom. The third-order valence-electron chi connectivity index (χ3n) is 7.60. The van der Waals surface area contributed by atoms with Gasteiger partial charge in [-0.15, -0.1) is 0 Å². The lowest BCUT2D eigenvalue weighted by Crippen LogP contribution is -2.55. The number of hydrazine groups is 1. The molecular weight excluding hydrogens is 436 g/mol. The Bertz CT molecular complexity index is 866. The lowest BCUT2D eigenvalue weighted by atomic mass is 9.84. The fraction of sp³-hybridized carbons (Fsp3) is 0.667. The Morgan fingerprint density at radius 1 is 1.03 bits per heavy atom. The van der Waals surface area contributed by atoms with Crippen LogP contribution in [0, 0.1) is 5.92 Å². The zero-order valence-electron chi connectivity index (χ0n) is 19.0. The molecule has 1 aliphatic carbocycles. The number of aromatic nitrogens is 1. The first kappa shape index (κ1) is 22.5. The molecule has 1 N–H and O–H groups in total. The molecule has 3 aliphatic rings. The predicted molar refractivity (Wildman–Crippen MR) is 139 cm³/mol. The summed E-state index contributed by atoms with van der Waals surface area (Å²) in [5, 5.41) is 9.60. The van der Waals surface area contributed by atoms with Crippen LogP contribution in [0.25, 0.3) is 10.1 Å². The summed E-state index contributed by atoms with van der Waals surface area (Å²) in [6.07, 6.45) is 6.61. The molecule has 3 fully saturated rings.